The summed E-state index contributed by atoms with van der Waals surface area (Å²) in [6.07, 6.45) is 22.5. The van der Waals surface area contributed by atoms with Crippen molar-refractivity contribution in [2.75, 3.05) is 12.9 Å². The fourth-order valence-corrected chi connectivity index (χ4v) is 2.48. The molecule has 0 heterocycles. The predicted octanol–water partition coefficient (Wildman–Crippen LogP) is 8.09. The van der Waals surface area contributed by atoms with Crippen LogP contribution in [0, 0.1) is 0 Å². The van der Waals surface area contributed by atoms with E-state index < -0.39 is 0 Å². The monoisotopic (exact) mass is 349 g/mol. The minimum Gasteiger partial charge on any atom is -0.333 e. The molecule has 0 aromatic carbocycles. The minimum absolute atomic E-state index is 0.845. The SMILES string of the molecule is CCCC.CCCCCCCCCCCCCCCCCl.CN. The Kier molecular flexibility index (Phi) is 41.2. The van der Waals surface area contributed by atoms with Crippen LogP contribution in [0.2, 0.25) is 0 Å². The van der Waals surface area contributed by atoms with Crippen LogP contribution in [0.25, 0.3) is 0 Å². The van der Waals surface area contributed by atoms with E-state index in [0.29, 0.717) is 0 Å². The number of halogens is 1. The highest BCUT2D eigenvalue weighted by Crippen LogP contribution is 2.12. The molecule has 0 aromatic rings. The van der Waals surface area contributed by atoms with E-state index in [1.165, 1.54) is 110 Å². The Morgan fingerprint density at radius 3 is 0.913 bits per heavy atom. The molecular formula is C21H48ClN. The molecule has 0 bridgehead atoms. The fourth-order valence-electron chi connectivity index (χ4n) is 2.29. The van der Waals surface area contributed by atoms with Gasteiger partial charge in [0.25, 0.3) is 0 Å². The van der Waals surface area contributed by atoms with Crippen LogP contribution >= 0.6 is 11.6 Å². The number of rotatable bonds is 15. The standard InChI is InChI=1S/C16H33Cl.C4H10.CH5N/c1-2-3-4-5-6-7-8-9-10-11-12-13-14-15-16-17;1-3-4-2;1-2/h2-16H2,1H3;3-4H2,1-2H3;2H2,1H3. The van der Waals surface area contributed by atoms with Gasteiger partial charge in [-0.1, -0.05) is 117 Å². The fraction of sp³-hybridized carbons (Fsp3) is 1.00. The summed E-state index contributed by atoms with van der Waals surface area (Å²) < 4.78 is 0. The van der Waals surface area contributed by atoms with Gasteiger partial charge < -0.3 is 5.73 Å². The second-order valence-electron chi connectivity index (χ2n) is 6.29. The minimum atomic E-state index is 0.845. The number of hydrogen-bond acceptors (Lipinski definition) is 1. The van der Waals surface area contributed by atoms with Gasteiger partial charge in [0.2, 0.25) is 0 Å². The summed E-state index contributed by atoms with van der Waals surface area (Å²) in [4.78, 5) is 0. The topological polar surface area (TPSA) is 26.0 Å². The van der Waals surface area contributed by atoms with Gasteiger partial charge in [-0.25, -0.2) is 0 Å². The Hall–Kier alpha value is 0.250. The quantitative estimate of drug-likeness (QED) is 0.234. The third kappa shape index (κ3) is 39.2. The molecule has 0 radical (unpaired) electrons. The normalized spacial score (nSPS) is 9.65. The van der Waals surface area contributed by atoms with Gasteiger partial charge in [0.15, 0.2) is 0 Å². The molecule has 0 unspecified atom stereocenters. The maximum absolute atomic E-state index is 5.64. The van der Waals surface area contributed by atoms with Crippen molar-refractivity contribution in [1.29, 1.82) is 0 Å². The van der Waals surface area contributed by atoms with E-state index >= 15 is 0 Å². The van der Waals surface area contributed by atoms with Crippen LogP contribution in [-0.2, 0) is 0 Å². The highest BCUT2D eigenvalue weighted by atomic mass is 35.5. The van der Waals surface area contributed by atoms with Gasteiger partial charge in [0.05, 0.1) is 0 Å². The van der Waals surface area contributed by atoms with Crippen molar-refractivity contribution in [3.8, 4) is 0 Å². The van der Waals surface area contributed by atoms with Crippen molar-refractivity contribution in [3.63, 3.8) is 0 Å². The molecule has 1 nitrogen and oxygen atoms in total. The lowest BCUT2D eigenvalue weighted by Crippen LogP contribution is -1.83. The maximum atomic E-state index is 5.64. The van der Waals surface area contributed by atoms with Gasteiger partial charge in [-0.2, -0.15) is 0 Å². The Balaban J connectivity index is -0.000000574. The summed E-state index contributed by atoms with van der Waals surface area (Å²) in [7, 11) is 1.50. The molecule has 0 atom stereocenters. The number of hydrogen-bond donors (Lipinski definition) is 1. The van der Waals surface area contributed by atoms with Crippen LogP contribution in [-0.4, -0.2) is 12.9 Å². The first-order valence-corrected chi connectivity index (χ1v) is 11.0. The van der Waals surface area contributed by atoms with Crippen LogP contribution in [0.5, 0.6) is 0 Å². The van der Waals surface area contributed by atoms with E-state index in [9.17, 15) is 0 Å². The molecule has 0 aliphatic carbocycles. The van der Waals surface area contributed by atoms with Gasteiger partial charge >= 0.3 is 0 Å². The van der Waals surface area contributed by atoms with E-state index in [0.717, 1.165) is 5.88 Å². The van der Waals surface area contributed by atoms with E-state index in [2.05, 4.69) is 26.5 Å². The van der Waals surface area contributed by atoms with Crippen molar-refractivity contribution < 1.29 is 0 Å². The van der Waals surface area contributed by atoms with Crippen LogP contribution < -0.4 is 5.73 Å². The van der Waals surface area contributed by atoms with Crippen LogP contribution in [0.3, 0.4) is 0 Å². The summed E-state index contributed by atoms with van der Waals surface area (Å²) >= 11 is 5.64. The molecular weight excluding hydrogens is 302 g/mol. The molecule has 23 heavy (non-hydrogen) atoms. The zero-order chi connectivity index (χ0) is 18.0. The molecule has 2 heteroatoms. The number of alkyl halides is 1. The molecule has 144 valence electrons. The van der Waals surface area contributed by atoms with Gasteiger partial charge in [0, 0.05) is 5.88 Å². The molecule has 0 rings (SSSR count). The predicted molar refractivity (Wildman–Crippen MR) is 112 cm³/mol. The van der Waals surface area contributed by atoms with Gasteiger partial charge in [-0.05, 0) is 13.5 Å². The third-order valence-corrected chi connectivity index (χ3v) is 4.25. The van der Waals surface area contributed by atoms with Crippen LogP contribution in [0.15, 0.2) is 0 Å². The second-order valence-corrected chi connectivity index (χ2v) is 6.66. The zero-order valence-electron chi connectivity index (χ0n) is 17.0. The second kappa shape index (κ2) is 33.8. The lowest BCUT2D eigenvalue weighted by Gasteiger charge is -2.02. The first-order chi connectivity index (χ1) is 11.3. The number of nitrogens with two attached hydrogens (primary N) is 1. The first kappa shape index (κ1) is 28.1. The zero-order valence-corrected chi connectivity index (χ0v) is 17.7. The molecule has 0 fully saturated rings. The van der Waals surface area contributed by atoms with Crippen LogP contribution in [0.4, 0.5) is 0 Å². The molecule has 0 saturated heterocycles. The average molecular weight is 350 g/mol. The van der Waals surface area contributed by atoms with Crippen molar-refractivity contribution in [3.05, 3.63) is 0 Å². The van der Waals surface area contributed by atoms with Crippen molar-refractivity contribution >= 4 is 11.6 Å². The Morgan fingerprint density at radius 2 is 0.696 bits per heavy atom. The lowest BCUT2D eigenvalue weighted by atomic mass is 10.0. The van der Waals surface area contributed by atoms with Gasteiger partial charge in [-0.3, -0.25) is 0 Å². The summed E-state index contributed by atoms with van der Waals surface area (Å²) in [6, 6.07) is 0. The molecule has 0 saturated carbocycles. The van der Waals surface area contributed by atoms with Gasteiger partial charge in [-0.15, -0.1) is 11.6 Å². The smallest absolute Gasteiger partial charge is 0.0223 e. The first-order valence-electron chi connectivity index (χ1n) is 10.5. The molecule has 0 aliphatic heterocycles. The van der Waals surface area contributed by atoms with E-state index in [1.54, 1.807) is 0 Å². The third-order valence-electron chi connectivity index (χ3n) is 3.99. The van der Waals surface area contributed by atoms with E-state index in [-0.39, 0.29) is 0 Å². The molecule has 0 amide bonds. The number of unbranched alkanes of at least 4 members (excludes halogenated alkanes) is 14. The highest BCUT2D eigenvalue weighted by Gasteiger charge is 1.93. The molecule has 2 N–H and O–H groups in total. The maximum Gasteiger partial charge on any atom is 0.0223 e. The van der Waals surface area contributed by atoms with Gasteiger partial charge in [0.1, 0.15) is 0 Å². The summed E-state index contributed by atoms with van der Waals surface area (Å²) in [5.41, 5.74) is 4.50. The van der Waals surface area contributed by atoms with E-state index in [4.69, 9.17) is 11.6 Å². The molecule has 0 aromatic heterocycles. The summed E-state index contributed by atoms with van der Waals surface area (Å²) in [5.74, 6) is 0.845. The van der Waals surface area contributed by atoms with Crippen molar-refractivity contribution in [2.24, 2.45) is 5.73 Å². The summed E-state index contributed by atoms with van der Waals surface area (Å²) in [6.45, 7) is 6.65. The Labute approximate surface area is 154 Å². The largest absolute Gasteiger partial charge is 0.333 e. The molecule has 0 aliphatic rings. The Morgan fingerprint density at radius 1 is 0.435 bits per heavy atom. The van der Waals surface area contributed by atoms with Crippen LogP contribution in [0.1, 0.15) is 124 Å². The summed E-state index contributed by atoms with van der Waals surface area (Å²) in [5, 5.41) is 0. The highest BCUT2D eigenvalue weighted by molar-refractivity contribution is 6.17. The average Bonchev–Trinajstić information content (AvgIpc) is 2.61. The van der Waals surface area contributed by atoms with Crippen molar-refractivity contribution in [1.82, 2.24) is 0 Å². The lowest BCUT2D eigenvalue weighted by molar-refractivity contribution is 0.538. The Bertz CT molecular complexity index is 135. The van der Waals surface area contributed by atoms with Crippen molar-refractivity contribution in [2.45, 2.75) is 124 Å². The van der Waals surface area contributed by atoms with E-state index in [1.807, 2.05) is 0 Å². The molecule has 0 spiro atoms.